The van der Waals surface area contributed by atoms with Crippen molar-refractivity contribution in [1.29, 1.82) is 0 Å². The average molecular weight is 285 g/mol. The van der Waals surface area contributed by atoms with E-state index in [0.29, 0.717) is 19.6 Å². The quantitative estimate of drug-likeness (QED) is 0.925. The van der Waals surface area contributed by atoms with E-state index in [0.717, 1.165) is 23.7 Å². The van der Waals surface area contributed by atoms with Crippen molar-refractivity contribution in [3.8, 4) is 0 Å². The largest absolute Gasteiger partial charge is 0.369 e. The topological polar surface area (TPSA) is 68.3 Å². The summed E-state index contributed by atoms with van der Waals surface area (Å²) < 4.78 is 1.95. The number of hydrogen-bond acceptors (Lipinski definition) is 2. The van der Waals surface area contributed by atoms with Crippen molar-refractivity contribution in [2.24, 2.45) is 11.7 Å². The first kappa shape index (κ1) is 13.7. The molecule has 3 rings (SSSR count). The van der Waals surface area contributed by atoms with Gasteiger partial charge in [-0.25, -0.2) is 0 Å². The first-order valence-corrected chi connectivity index (χ1v) is 7.26. The van der Waals surface area contributed by atoms with Crippen molar-refractivity contribution < 1.29 is 9.59 Å². The molecule has 0 radical (unpaired) electrons. The zero-order valence-electron chi connectivity index (χ0n) is 11.9. The van der Waals surface area contributed by atoms with E-state index in [-0.39, 0.29) is 17.7 Å². The van der Waals surface area contributed by atoms with Crippen LogP contribution in [0.25, 0.3) is 10.9 Å². The third-order valence-electron chi connectivity index (χ3n) is 4.16. The van der Waals surface area contributed by atoms with Crippen LogP contribution >= 0.6 is 0 Å². The van der Waals surface area contributed by atoms with Gasteiger partial charge >= 0.3 is 0 Å². The van der Waals surface area contributed by atoms with Crippen LogP contribution in [-0.4, -0.2) is 34.4 Å². The summed E-state index contributed by atoms with van der Waals surface area (Å²) in [4.78, 5) is 25.5. The fraction of sp³-hybridized carbons (Fsp3) is 0.375. The second kappa shape index (κ2) is 5.60. The van der Waals surface area contributed by atoms with Gasteiger partial charge < -0.3 is 15.2 Å². The molecule has 110 valence electrons. The number of primary amides is 1. The minimum Gasteiger partial charge on any atom is -0.369 e. The van der Waals surface area contributed by atoms with Gasteiger partial charge in [0.05, 0.1) is 5.92 Å². The number of nitrogens with zero attached hydrogens (tertiary/aromatic N) is 2. The first-order chi connectivity index (χ1) is 10.1. The molecule has 2 N–H and O–H groups in total. The Balaban J connectivity index is 1.72. The maximum absolute atomic E-state index is 12.4. The summed E-state index contributed by atoms with van der Waals surface area (Å²) in [5.41, 5.74) is 6.41. The van der Waals surface area contributed by atoms with Gasteiger partial charge in [-0.15, -0.1) is 0 Å². The number of para-hydroxylation sites is 1. The number of fused-ring (bicyclic) bond motifs is 1. The summed E-state index contributed by atoms with van der Waals surface area (Å²) in [5.74, 6) is -0.467. The lowest BCUT2D eigenvalue weighted by molar-refractivity contribution is -0.135. The zero-order chi connectivity index (χ0) is 14.8. The average Bonchev–Trinajstić information content (AvgIpc) is 2.91. The second-order valence-corrected chi connectivity index (χ2v) is 5.58. The fourth-order valence-corrected chi connectivity index (χ4v) is 2.96. The fourth-order valence-electron chi connectivity index (χ4n) is 2.96. The molecule has 5 heteroatoms. The van der Waals surface area contributed by atoms with Gasteiger partial charge in [0, 0.05) is 24.8 Å². The van der Waals surface area contributed by atoms with E-state index >= 15 is 0 Å². The van der Waals surface area contributed by atoms with Crippen LogP contribution in [0.2, 0.25) is 0 Å². The van der Waals surface area contributed by atoms with Crippen LogP contribution in [0.1, 0.15) is 12.8 Å². The van der Waals surface area contributed by atoms with Crippen molar-refractivity contribution in [3.05, 3.63) is 36.5 Å². The summed E-state index contributed by atoms with van der Waals surface area (Å²) in [7, 11) is 0. The lowest BCUT2D eigenvalue weighted by Gasteiger charge is -2.31. The summed E-state index contributed by atoms with van der Waals surface area (Å²) in [6.45, 7) is 1.47. The van der Waals surface area contributed by atoms with Crippen LogP contribution in [0.15, 0.2) is 36.5 Å². The second-order valence-electron chi connectivity index (χ2n) is 5.58. The predicted molar refractivity (Wildman–Crippen MR) is 80.4 cm³/mol. The molecule has 0 unspecified atom stereocenters. The third-order valence-corrected chi connectivity index (χ3v) is 4.16. The minimum atomic E-state index is -0.307. The van der Waals surface area contributed by atoms with E-state index in [1.807, 2.05) is 41.1 Å². The molecular weight excluding hydrogens is 266 g/mol. The molecule has 1 aliphatic rings. The molecular formula is C16H19N3O2. The van der Waals surface area contributed by atoms with E-state index in [2.05, 4.69) is 0 Å². The van der Waals surface area contributed by atoms with E-state index < -0.39 is 0 Å². The Labute approximate surface area is 123 Å². The zero-order valence-corrected chi connectivity index (χ0v) is 11.9. The number of nitrogens with two attached hydrogens (primary N) is 1. The van der Waals surface area contributed by atoms with E-state index in [1.54, 1.807) is 4.90 Å². The summed E-state index contributed by atoms with van der Waals surface area (Å²) >= 11 is 0. The van der Waals surface area contributed by atoms with E-state index in [9.17, 15) is 9.59 Å². The van der Waals surface area contributed by atoms with Gasteiger partial charge in [0.25, 0.3) is 0 Å². The lowest BCUT2D eigenvalue weighted by Crippen LogP contribution is -2.45. The smallest absolute Gasteiger partial charge is 0.242 e. The van der Waals surface area contributed by atoms with Crippen molar-refractivity contribution in [2.45, 2.75) is 19.4 Å². The maximum Gasteiger partial charge on any atom is 0.242 e. The molecule has 1 aliphatic heterocycles. The molecule has 0 bridgehead atoms. The molecule has 1 aromatic carbocycles. The highest BCUT2D eigenvalue weighted by atomic mass is 16.2. The molecule has 2 aromatic rings. The standard InChI is InChI=1S/C16H19N3O2/c17-16(21)13-5-3-8-19(10-13)15(20)11-18-9-7-12-4-1-2-6-14(12)18/h1-2,4,6-7,9,13H,3,5,8,10-11H2,(H2,17,21)/t13-/m0/s1. The molecule has 1 fully saturated rings. The van der Waals surface area contributed by atoms with Crippen LogP contribution in [0.3, 0.4) is 0 Å². The molecule has 1 aromatic heterocycles. The molecule has 2 amide bonds. The minimum absolute atomic E-state index is 0.0438. The molecule has 21 heavy (non-hydrogen) atoms. The number of piperidine rings is 1. The molecule has 0 spiro atoms. The van der Waals surface area contributed by atoms with Gasteiger partial charge in [0.15, 0.2) is 0 Å². The molecule has 1 atom stereocenters. The highest BCUT2D eigenvalue weighted by Crippen LogP contribution is 2.18. The highest BCUT2D eigenvalue weighted by molar-refractivity contribution is 5.84. The highest BCUT2D eigenvalue weighted by Gasteiger charge is 2.26. The Hall–Kier alpha value is -2.30. The first-order valence-electron chi connectivity index (χ1n) is 7.26. The number of amides is 2. The molecule has 2 heterocycles. The van der Waals surface area contributed by atoms with Gasteiger partial charge in [0.2, 0.25) is 11.8 Å². The number of aromatic nitrogens is 1. The third kappa shape index (κ3) is 2.77. The molecule has 0 aliphatic carbocycles. The van der Waals surface area contributed by atoms with Crippen molar-refractivity contribution in [3.63, 3.8) is 0 Å². The Bertz CT molecular complexity index is 677. The molecule has 0 saturated carbocycles. The van der Waals surface area contributed by atoms with E-state index in [1.165, 1.54) is 0 Å². The van der Waals surface area contributed by atoms with Gasteiger partial charge in [-0.3, -0.25) is 9.59 Å². The number of hydrogen-bond donors (Lipinski definition) is 1. The van der Waals surface area contributed by atoms with Gasteiger partial charge in [-0.2, -0.15) is 0 Å². The number of likely N-dealkylation sites (tertiary alicyclic amines) is 1. The summed E-state index contributed by atoms with van der Waals surface area (Å²) in [6, 6.07) is 9.99. The lowest BCUT2D eigenvalue weighted by atomic mass is 9.97. The maximum atomic E-state index is 12.4. The van der Waals surface area contributed by atoms with Crippen LogP contribution in [0.4, 0.5) is 0 Å². The van der Waals surface area contributed by atoms with Gasteiger partial charge in [-0.1, -0.05) is 18.2 Å². The van der Waals surface area contributed by atoms with Crippen LogP contribution in [0, 0.1) is 5.92 Å². The van der Waals surface area contributed by atoms with Crippen molar-refractivity contribution in [2.75, 3.05) is 13.1 Å². The predicted octanol–water partition coefficient (Wildman–Crippen LogP) is 1.37. The van der Waals surface area contributed by atoms with Gasteiger partial charge in [-0.05, 0) is 30.4 Å². The Morgan fingerprint density at radius 2 is 2.05 bits per heavy atom. The van der Waals surface area contributed by atoms with Crippen LogP contribution in [0.5, 0.6) is 0 Å². The normalized spacial score (nSPS) is 18.9. The Morgan fingerprint density at radius 1 is 1.24 bits per heavy atom. The summed E-state index contributed by atoms with van der Waals surface area (Å²) in [5, 5.41) is 1.12. The number of rotatable bonds is 3. The van der Waals surface area contributed by atoms with Crippen molar-refractivity contribution >= 4 is 22.7 Å². The summed E-state index contributed by atoms with van der Waals surface area (Å²) in [6.07, 6.45) is 3.55. The van der Waals surface area contributed by atoms with Crippen molar-refractivity contribution in [1.82, 2.24) is 9.47 Å². The van der Waals surface area contributed by atoms with Gasteiger partial charge in [0.1, 0.15) is 6.54 Å². The number of carbonyl (C=O) groups excluding carboxylic acids is 2. The molecule has 5 nitrogen and oxygen atoms in total. The monoisotopic (exact) mass is 285 g/mol. The number of carbonyl (C=O) groups is 2. The molecule has 1 saturated heterocycles. The Kier molecular flexibility index (Phi) is 3.64. The number of benzene rings is 1. The van der Waals surface area contributed by atoms with Crippen LogP contribution in [-0.2, 0) is 16.1 Å². The Morgan fingerprint density at radius 3 is 2.86 bits per heavy atom. The SMILES string of the molecule is NC(=O)[C@H]1CCCN(C(=O)Cn2ccc3ccccc32)C1. The van der Waals surface area contributed by atoms with E-state index in [4.69, 9.17) is 5.73 Å². The van der Waals surface area contributed by atoms with Crippen LogP contribution < -0.4 is 5.73 Å².